The molecule has 0 spiro atoms. The predicted molar refractivity (Wildman–Crippen MR) is 110 cm³/mol. The van der Waals surface area contributed by atoms with Crippen molar-refractivity contribution < 1.29 is 0 Å². The molecule has 112 valence electrons. The van der Waals surface area contributed by atoms with Crippen molar-refractivity contribution in [2.75, 3.05) is 0 Å². The highest BCUT2D eigenvalue weighted by atomic mass is 32.1. The molecule has 0 aliphatic rings. The van der Waals surface area contributed by atoms with Crippen molar-refractivity contribution in [3.05, 3.63) is 72.8 Å². The number of fused-ring (bicyclic) bond motifs is 8. The summed E-state index contributed by atoms with van der Waals surface area (Å²) >= 11 is 3.78. The van der Waals surface area contributed by atoms with E-state index < -0.39 is 0 Å². The Balaban J connectivity index is 1.90. The fraction of sp³-hybridized carbons (Fsp3) is 0. The fourth-order valence-electron chi connectivity index (χ4n) is 3.77. The van der Waals surface area contributed by atoms with Crippen molar-refractivity contribution >= 4 is 73.8 Å². The number of rotatable bonds is 0. The Bertz CT molecular complexity index is 1400. The van der Waals surface area contributed by atoms with Crippen LogP contribution in [0.2, 0.25) is 0 Å². The van der Waals surface area contributed by atoms with Crippen molar-refractivity contribution in [3.8, 4) is 0 Å². The second-order valence-corrected chi connectivity index (χ2v) is 8.37. The number of benzene rings is 4. The third kappa shape index (κ3) is 1.62. The Kier molecular flexibility index (Phi) is 2.46. The Morgan fingerprint density at radius 2 is 1.17 bits per heavy atom. The first-order chi connectivity index (χ1) is 11.9. The van der Waals surface area contributed by atoms with Crippen molar-refractivity contribution in [2.24, 2.45) is 0 Å². The first-order valence-electron chi connectivity index (χ1n) is 8.04. The maximum Gasteiger partial charge on any atom is 0.0361 e. The molecule has 0 fully saturated rings. The quantitative estimate of drug-likeness (QED) is 0.267. The van der Waals surface area contributed by atoms with Gasteiger partial charge in [0.2, 0.25) is 0 Å². The lowest BCUT2D eigenvalue weighted by Crippen LogP contribution is -1.75. The first kappa shape index (κ1) is 12.9. The molecule has 0 atom stereocenters. The maximum atomic E-state index is 2.41. The van der Waals surface area contributed by atoms with Gasteiger partial charge in [-0.25, -0.2) is 0 Å². The molecule has 24 heavy (non-hydrogen) atoms. The Morgan fingerprint density at radius 1 is 0.458 bits per heavy atom. The van der Waals surface area contributed by atoms with Gasteiger partial charge >= 0.3 is 0 Å². The molecule has 0 saturated carbocycles. The van der Waals surface area contributed by atoms with Crippen LogP contribution in [0.4, 0.5) is 0 Å². The van der Waals surface area contributed by atoms with Crippen LogP contribution in [-0.2, 0) is 0 Å². The molecule has 6 aromatic rings. The fourth-order valence-corrected chi connectivity index (χ4v) is 6.02. The molecule has 0 aliphatic carbocycles. The van der Waals surface area contributed by atoms with E-state index in [0.717, 1.165) is 0 Å². The molecule has 2 aromatic heterocycles. The summed E-state index contributed by atoms with van der Waals surface area (Å²) in [5, 5.41) is 8.25. The summed E-state index contributed by atoms with van der Waals surface area (Å²) in [6.45, 7) is 0. The lowest BCUT2D eigenvalue weighted by Gasteiger charge is -2.02. The molecule has 2 heteroatoms. The number of thiophene rings is 2. The highest BCUT2D eigenvalue weighted by molar-refractivity contribution is 7.26. The minimum absolute atomic E-state index is 1.34. The topological polar surface area (TPSA) is 0 Å². The van der Waals surface area contributed by atoms with Crippen molar-refractivity contribution in [1.82, 2.24) is 0 Å². The van der Waals surface area contributed by atoms with E-state index in [2.05, 4.69) is 72.8 Å². The summed E-state index contributed by atoms with van der Waals surface area (Å²) in [5.41, 5.74) is 0. The minimum Gasteiger partial charge on any atom is -0.135 e. The van der Waals surface area contributed by atoms with Gasteiger partial charge in [-0.15, -0.1) is 22.7 Å². The largest absolute Gasteiger partial charge is 0.135 e. The average molecular weight is 340 g/mol. The van der Waals surface area contributed by atoms with Gasteiger partial charge in [0.1, 0.15) is 0 Å². The zero-order valence-corrected chi connectivity index (χ0v) is 14.4. The summed E-state index contributed by atoms with van der Waals surface area (Å²) in [5.74, 6) is 0. The molecule has 0 unspecified atom stereocenters. The van der Waals surface area contributed by atoms with Gasteiger partial charge in [0.25, 0.3) is 0 Å². The Hall–Kier alpha value is -2.42. The lowest BCUT2D eigenvalue weighted by molar-refractivity contribution is 1.86. The zero-order chi connectivity index (χ0) is 15.7. The highest BCUT2D eigenvalue weighted by Crippen LogP contribution is 2.42. The molecule has 0 N–H and O–H groups in total. The molecule has 0 nitrogen and oxygen atoms in total. The molecule has 0 bridgehead atoms. The van der Waals surface area contributed by atoms with E-state index >= 15 is 0 Å². The van der Waals surface area contributed by atoms with E-state index in [1.807, 2.05) is 22.7 Å². The Labute approximate surface area is 146 Å². The van der Waals surface area contributed by atoms with Crippen LogP contribution < -0.4 is 0 Å². The van der Waals surface area contributed by atoms with Crippen LogP contribution in [0.25, 0.3) is 51.1 Å². The Morgan fingerprint density at radius 3 is 2.04 bits per heavy atom. The van der Waals surface area contributed by atoms with Gasteiger partial charge in [-0.2, -0.15) is 0 Å². The summed E-state index contributed by atoms with van der Waals surface area (Å²) in [4.78, 5) is 0. The predicted octanol–water partition coefficient (Wildman–Crippen LogP) is 7.58. The highest BCUT2D eigenvalue weighted by Gasteiger charge is 2.11. The van der Waals surface area contributed by atoms with Gasteiger partial charge in [0, 0.05) is 40.3 Å². The average Bonchev–Trinajstić information content (AvgIpc) is 3.17. The van der Waals surface area contributed by atoms with Crippen LogP contribution in [0.1, 0.15) is 0 Å². The van der Waals surface area contributed by atoms with Gasteiger partial charge in [0.15, 0.2) is 0 Å². The first-order valence-corrected chi connectivity index (χ1v) is 9.67. The third-order valence-corrected chi connectivity index (χ3v) is 7.12. The molecule has 0 saturated heterocycles. The molecule has 4 aromatic carbocycles. The summed E-state index contributed by atoms with van der Waals surface area (Å²) in [6.07, 6.45) is 0. The van der Waals surface area contributed by atoms with Crippen LogP contribution in [0.3, 0.4) is 0 Å². The molecular weight excluding hydrogens is 328 g/mol. The van der Waals surface area contributed by atoms with E-state index in [4.69, 9.17) is 0 Å². The van der Waals surface area contributed by atoms with E-state index in [0.29, 0.717) is 0 Å². The van der Waals surface area contributed by atoms with E-state index in [1.54, 1.807) is 0 Å². The monoisotopic (exact) mass is 340 g/mol. The molecule has 0 aliphatic heterocycles. The third-order valence-electron chi connectivity index (χ3n) is 4.86. The van der Waals surface area contributed by atoms with Gasteiger partial charge in [-0.05, 0) is 41.1 Å². The van der Waals surface area contributed by atoms with Crippen LogP contribution in [0.5, 0.6) is 0 Å². The summed E-state index contributed by atoms with van der Waals surface area (Å²) in [6, 6.07) is 26.8. The van der Waals surface area contributed by atoms with Crippen LogP contribution in [-0.4, -0.2) is 0 Å². The second-order valence-electron chi connectivity index (χ2n) is 6.20. The molecular formula is C22H12S2. The summed E-state index contributed by atoms with van der Waals surface area (Å²) < 4.78 is 5.50. The maximum absolute atomic E-state index is 2.41. The van der Waals surface area contributed by atoms with Gasteiger partial charge in [0.05, 0.1) is 0 Å². The molecule has 0 radical (unpaired) electrons. The van der Waals surface area contributed by atoms with Crippen LogP contribution in [0, 0.1) is 0 Å². The van der Waals surface area contributed by atoms with Crippen LogP contribution >= 0.6 is 22.7 Å². The minimum atomic E-state index is 1.34. The molecule has 2 heterocycles. The second kappa shape index (κ2) is 4.56. The van der Waals surface area contributed by atoms with E-state index in [-0.39, 0.29) is 0 Å². The van der Waals surface area contributed by atoms with Gasteiger partial charge < -0.3 is 0 Å². The molecule has 0 amide bonds. The SMILES string of the molecule is c1ccc2c(c1)sc1cc3ccc4sc5ccccc5c4c3cc12. The smallest absolute Gasteiger partial charge is 0.0361 e. The van der Waals surface area contributed by atoms with Crippen molar-refractivity contribution in [3.63, 3.8) is 0 Å². The van der Waals surface area contributed by atoms with Crippen LogP contribution in [0.15, 0.2) is 72.8 Å². The molecule has 6 rings (SSSR count). The zero-order valence-electron chi connectivity index (χ0n) is 12.7. The number of hydrogen-bond acceptors (Lipinski definition) is 2. The standard InChI is InChI=1S/C22H12S2/c1-3-7-18-14(5-1)17-12-16-13(11-21(17)24-18)9-10-20-22(16)15-6-2-4-8-19(15)23-20/h1-12H. The van der Waals surface area contributed by atoms with Gasteiger partial charge in [-0.1, -0.05) is 42.5 Å². The van der Waals surface area contributed by atoms with Crippen molar-refractivity contribution in [1.29, 1.82) is 0 Å². The lowest BCUT2D eigenvalue weighted by atomic mass is 10.0. The normalized spacial score (nSPS) is 12.2. The summed E-state index contributed by atoms with van der Waals surface area (Å²) in [7, 11) is 0. The van der Waals surface area contributed by atoms with Gasteiger partial charge in [-0.3, -0.25) is 0 Å². The van der Waals surface area contributed by atoms with E-state index in [1.165, 1.54) is 51.1 Å². The number of hydrogen-bond donors (Lipinski definition) is 0. The van der Waals surface area contributed by atoms with Crippen molar-refractivity contribution in [2.45, 2.75) is 0 Å². The van der Waals surface area contributed by atoms with E-state index in [9.17, 15) is 0 Å².